The van der Waals surface area contributed by atoms with Crippen LogP contribution < -0.4 is 19.8 Å². The largest absolute Gasteiger partial charge is 0.495 e. The number of para-hydroxylation sites is 1. The summed E-state index contributed by atoms with van der Waals surface area (Å²) in [6, 6.07) is 21.0. The lowest BCUT2D eigenvalue weighted by atomic mass is 10.1. The Morgan fingerprint density at radius 3 is 2.28 bits per heavy atom. The van der Waals surface area contributed by atoms with Crippen LogP contribution in [0.3, 0.4) is 0 Å². The van der Waals surface area contributed by atoms with Crippen LogP contribution in [-0.2, 0) is 12.6 Å². The molecule has 0 saturated heterocycles. The van der Waals surface area contributed by atoms with Gasteiger partial charge >= 0.3 is 6.18 Å². The van der Waals surface area contributed by atoms with Crippen molar-refractivity contribution in [2.45, 2.75) is 32.5 Å². The van der Waals surface area contributed by atoms with Crippen molar-refractivity contribution in [1.29, 1.82) is 0 Å². The molecule has 0 radical (unpaired) electrons. The molecule has 4 aromatic carbocycles. The third-order valence-electron chi connectivity index (χ3n) is 8.01. The van der Waals surface area contributed by atoms with Crippen LogP contribution >= 0.6 is 0 Å². The van der Waals surface area contributed by atoms with Crippen LogP contribution in [-0.4, -0.2) is 48.2 Å². The Bertz CT molecular complexity index is 1990. The first kappa shape index (κ1) is 33.1. The van der Waals surface area contributed by atoms with Gasteiger partial charge in [-0.2, -0.15) is 13.2 Å². The highest BCUT2D eigenvalue weighted by atomic mass is 19.4. The average molecular weight is 646 g/mol. The summed E-state index contributed by atoms with van der Waals surface area (Å²) in [6.45, 7) is 3.65. The van der Waals surface area contributed by atoms with Gasteiger partial charge in [0.1, 0.15) is 11.6 Å². The summed E-state index contributed by atoms with van der Waals surface area (Å²) >= 11 is 0. The van der Waals surface area contributed by atoms with Crippen molar-refractivity contribution in [1.82, 2.24) is 14.5 Å². The van der Waals surface area contributed by atoms with Crippen LogP contribution in [0.1, 0.15) is 45.8 Å². The zero-order valence-electron chi connectivity index (χ0n) is 26.6. The van der Waals surface area contributed by atoms with Crippen LogP contribution in [0.2, 0.25) is 0 Å². The molecule has 1 atom stereocenters. The van der Waals surface area contributed by atoms with E-state index in [0.29, 0.717) is 40.3 Å². The Labute approximate surface area is 270 Å². The first-order valence-corrected chi connectivity index (χ1v) is 14.8. The molecule has 1 aromatic heterocycles. The van der Waals surface area contributed by atoms with Gasteiger partial charge in [0.2, 0.25) is 0 Å². The van der Waals surface area contributed by atoms with E-state index in [-0.39, 0.29) is 23.5 Å². The maximum atomic E-state index is 14.2. The lowest BCUT2D eigenvalue weighted by molar-refractivity contribution is -0.137. The van der Waals surface area contributed by atoms with Crippen molar-refractivity contribution in [3.63, 3.8) is 0 Å². The smallest absolute Gasteiger partial charge is 0.416 e. The number of ether oxygens (including phenoxy) is 3. The fourth-order valence-corrected chi connectivity index (χ4v) is 5.53. The summed E-state index contributed by atoms with van der Waals surface area (Å²) in [5, 5.41) is 0.355. The predicted octanol–water partition coefficient (Wildman–Crippen LogP) is 7.18. The topological polar surface area (TPSA) is 82.9 Å². The summed E-state index contributed by atoms with van der Waals surface area (Å²) < 4.78 is 58.9. The van der Waals surface area contributed by atoms with Gasteiger partial charge in [-0.1, -0.05) is 30.3 Å². The molecule has 0 spiro atoms. The molecule has 244 valence electrons. The first-order valence-electron chi connectivity index (χ1n) is 14.8. The molecule has 0 aliphatic heterocycles. The van der Waals surface area contributed by atoms with E-state index in [1.54, 1.807) is 55.5 Å². The zero-order chi connectivity index (χ0) is 33.9. The first-order chi connectivity index (χ1) is 22.5. The number of nitrogens with zero attached hydrogens (tertiary/aromatic N) is 3. The number of aromatic nitrogens is 2. The van der Waals surface area contributed by atoms with Crippen molar-refractivity contribution < 1.29 is 32.2 Å². The fraction of sp³-hybridized carbons (Fsp3) is 0.250. The number of methoxy groups -OCH3 is 3. The van der Waals surface area contributed by atoms with E-state index in [1.165, 1.54) is 42.9 Å². The van der Waals surface area contributed by atoms with Crippen LogP contribution in [0.25, 0.3) is 16.6 Å². The van der Waals surface area contributed by atoms with Gasteiger partial charge in [0.05, 0.1) is 49.5 Å². The number of carbonyl (C=O) groups excluding carboxylic acids is 1. The maximum absolute atomic E-state index is 14.2. The second kappa shape index (κ2) is 13.6. The molecule has 5 rings (SSSR count). The molecule has 0 aliphatic carbocycles. The van der Waals surface area contributed by atoms with E-state index in [4.69, 9.17) is 19.2 Å². The third-order valence-corrected chi connectivity index (χ3v) is 8.01. The number of fused-ring (bicyclic) bond motifs is 1. The number of hydrogen-bond donors (Lipinski definition) is 0. The molecular formula is C36H34F3N3O5. The van der Waals surface area contributed by atoms with Crippen LogP contribution in [0.15, 0.2) is 89.7 Å². The Balaban J connectivity index is 1.68. The monoisotopic (exact) mass is 645 g/mol. The van der Waals surface area contributed by atoms with E-state index >= 15 is 0 Å². The highest BCUT2D eigenvalue weighted by Gasteiger charge is 2.33. The van der Waals surface area contributed by atoms with E-state index in [9.17, 15) is 22.8 Å². The Morgan fingerprint density at radius 2 is 1.57 bits per heavy atom. The van der Waals surface area contributed by atoms with Gasteiger partial charge in [-0.05, 0) is 86.0 Å². The molecule has 0 saturated carbocycles. The number of halogens is 3. The molecule has 0 N–H and O–H groups in total. The molecule has 11 heteroatoms. The number of carbonyl (C=O) groups is 1. The van der Waals surface area contributed by atoms with Crippen molar-refractivity contribution in [2.75, 3.05) is 27.9 Å². The van der Waals surface area contributed by atoms with Gasteiger partial charge < -0.3 is 19.1 Å². The van der Waals surface area contributed by atoms with Crippen molar-refractivity contribution in [3.05, 3.63) is 123 Å². The van der Waals surface area contributed by atoms with Crippen molar-refractivity contribution in [3.8, 4) is 22.9 Å². The van der Waals surface area contributed by atoms with Gasteiger partial charge in [0.25, 0.3) is 11.5 Å². The maximum Gasteiger partial charge on any atom is 0.416 e. The molecule has 0 fully saturated rings. The highest BCUT2D eigenvalue weighted by molar-refractivity contribution is 5.94. The second-order valence-corrected chi connectivity index (χ2v) is 11.0. The zero-order valence-corrected chi connectivity index (χ0v) is 26.6. The SMILES string of the molecule is COc1ccc(CCN(C(=O)c2cccc(C(F)(F)F)c2)C(C)c2nc3ccccc3c(=O)n2-c2cc(C)ccc2OC)cc1OC. The van der Waals surface area contributed by atoms with Crippen LogP contribution in [0, 0.1) is 6.92 Å². The van der Waals surface area contributed by atoms with E-state index in [1.807, 2.05) is 19.1 Å². The highest BCUT2D eigenvalue weighted by Crippen LogP contribution is 2.33. The second-order valence-electron chi connectivity index (χ2n) is 11.0. The molecule has 1 amide bonds. The van der Waals surface area contributed by atoms with Crippen LogP contribution in [0.4, 0.5) is 13.2 Å². The van der Waals surface area contributed by atoms with Gasteiger partial charge in [0.15, 0.2) is 11.5 Å². The number of rotatable bonds is 10. The van der Waals surface area contributed by atoms with E-state index in [2.05, 4.69) is 0 Å². The lowest BCUT2D eigenvalue weighted by Crippen LogP contribution is -2.39. The van der Waals surface area contributed by atoms with Gasteiger partial charge in [-0.25, -0.2) is 4.98 Å². The molecule has 8 nitrogen and oxygen atoms in total. The molecule has 1 unspecified atom stereocenters. The number of alkyl halides is 3. The molecule has 5 aromatic rings. The van der Waals surface area contributed by atoms with Crippen molar-refractivity contribution in [2.24, 2.45) is 0 Å². The van der Waals surface area contributed by atoms with Gasteiger partial charge in [0, 0.05) is 12.1 Å². The summed E-state index contributed by atoms with van der Waals surface area (Å²) in [5.41, 5.74) is 0.999. The molecular weight excluding hydrogens is 611 g/mol. The Kier molecular flexibility index (Phi) is 9.55. The quantitative estimate of drug-likeness (QED) is 0.160. The minimum Gasteiger partial charge on any atom is -0.495 e. The Morgan fingerprint density at radius 1 is 0.872 bits per heavy atom. The summed E-state index contributed by atoms with van der Waals surface area (Å²) in [6.07, 6.45) is -4.34. The fourth-order valence-electron chi connectivity index (χ4n) is 5.53. The lowest BCUT2D eigenvalue weighted by Gasteiger charge is -2.31. The number of hydrogen-bond acceptors (Lipinski definition) is 6. The molecule has 47 heavy (non-hydrogen) atoms. The van der Waals surface area contributed by atoms with E-state index in [0.717, 1.165) is 23.3 Å². The minimum atomic E-state index is -4.64. The summed E-state index contributed by atoms with van der Waals surface area (Å²) in [4.78, 5) is 34.7. The minimum absolute atomic E-state index is 0.0688. The number of amides is 1. The number of aryl methyl sites for hydroxylation is 1. The standard InChI is InChI=1S/C36H34F3N3O5/c1-22-13-15-30(45-3)29(19-22)42-33(40-28-12-7-6-11-27(28)35(42)44)23(2)41(18-17-24-14-16-31(46-4)32(20-24)47-5)34(43)25-9-8-10-26(21-25)36(37,38)39/h6-16,19-21,23H,17-18H2,1-5H3. The Hall–Kier alpha value is -5.32. The van der Waals surface area contributed by atoms with Crippen LogP contribution in [0.5, 0.6) is 17.2 Å². The van der Waals surface area contributed by atoms with E-state index < -0.39 is 23.7 Å². The van der Waals surface area contributed by atoms with Gasteiger partial charge in [-0.15, -0.1) is 0 Å². The number of benzene rings is 4. The predicted molar refractivity (Wildman–Crippen MR) is 173 cm³/mol. The van der Waals surface area contributed by atoms with Gasteiger partial charge in [-0.3, -0.25) is 14.2 Å². The summed E-state index contributed by atoms with van der Waals surface area (Å²) in [5.74, 6) is 0.979. The molecule has 0 aliphatic rings. The normalized spacial score (nSPS) is 12.1. The van der Waals surface area contributed by atoms with Crippen molar-refractivity contribution >= 4 is 16.8 Å². The molecule has 1 heterocycles. The summed E-state index contributed by atoms with van der Waals surface area (Å²) in [7, 11) is 4.52. The molecule has 0 bridgehead atoms. The third kappa shape index (κ3) is 6.79. The average Bonchev–Trinajstić information content (AvgIpc) is 3.07.